The average molecular weight is 285 g/mol. The minimum atomic E-state index is -0.474. The Hall–Kier alpha value is -0.160. The Balaban J connectivity index is 1.65. The first-order valence-corrected chi connectivity index (χ1v) is 8.34. The predicted molar refractivity (Wildman–Crippen MR) is 79.7 cm³/mol. The molecule has 3 N–H and O–H groups in total. The molecule has 2 aliphatic carbocycles. The van der Waals surface area contributed by atoms with Crippen LogP contribution in [0.4, 0.5) is 0 Å². The average Bonchev–Trinajstić information content (AvgIpc) is 2.44. The van der Waals surface area contributed by atoms with Crippen LogP contribution >= 0.6 is 0 Å². The van der Waals surface area contributed by atoms with Crippen molar-refractivity contribution in [3.05, 3.63) is 0 Å². The number of aliphatic hydroxyl groups excluding tert-OH is 2. The van der Waals surface area contributed by atoms with E-state index in [4.69, 9.17) is 4.74 Å². The smallest absolute Gasteiger partial charge is 0.0898 e. The van der Waals surface area contributed by atoms with Gasteiger partial charge in [0.15, 0.2) is 0 Å². The summed E-state index contributed by atoms with van der Waals surface area (Å²) < 4.78 is 5.95. The number of hydrogen-bond acceptors (Lipinski definition) is 4. The summed E-state index contributed by atoms with van der Waals surface area (Å²) in [5.74, 6) is 0.666. The Kier molecular flexibility index (Phi) is 6.27. The van der Waals surface area contributed by atoms with Crippen LogP contribution in [0.1, 0.15) is 58.3 Å². The van der Waals surface area contributed by atoms with Gasteiger partial charge in [-0.2, -0.15) is 0 Å². The SMILES string of the molecule is CCC1CCCCC1OCC(O)CNC1(CO)CCC1. The van der Waals surface area contributed by atoms with Gasteiger partial charge >= 0.3 is 0 Å². The molecule has 0 saturated heterocycles. The van der Waals surface area contributed by atoms with Crippen molar-refractivity contribution < 1.29 is 14.9 Å². The third-order valence-electron chi connectivity index (χ3n) is 5.19. The quantitative estimate of drug-likeness (QED) is 0.637. The summed E-state index contributed by atoms with van der Waals surface area (Å²) >= 11 is 0. The van der Waals surface area contributed by atoms with Gasteiger partial charge in [0.25, 0.3) is 0 Å². The molecule has 0 amide bonds. The molecule has 0 heterocycles. The molecule has 0 aliphatic heterocycles. The normalized spacial score (nSPS) is 30.8. The van der Waals surface area contributed by atoms with Crippen LogP contribution in [0.5, 0.6) is 0 Å². The van der Waals surface area contributed by atoms with E-state index in [-0.39, 0.29) is 12.1 Å². The van der Waals surface area contributed by atoms with Gasteiger partial charge in [0.1, 0.15) is 0 Å². The molecule has 118 valence electrons. The molecule has 3 atom stereocenters. The third-order valence-corrected chi connectivity index (χ3v) is 5.19. The lowest BCUT2D eigenvalue weighted by Crippen LogP contribution is -2.56. The largest absolute Gasteiger partial charge is 0.394 e. The maximum absolute atomic E-state index is 10.0. The monoisotopic (exact) mass is 285 g/mol. The van der Waals surface area contributed by atoms with Gasteiger partial charge in [-0.15, -0.1) is 0 Å². The molecular formula is C16H31NO3. The van der Waals surface area contributed by atoms with E-state index in [0.717, 1.165) is 19.3 Å². The molecule has 2 fully saturated rings. The molecular weight excluding hydrogens is 254 g/mol. The molecule has 0 spiro atoms. The molecule has 4 nitrogen and oxygen atoms in total. The van der Waals surface area contributed by atoms with E-state index in [1.807, 2.05) is 0 Å². The highest BCUT2D eigenvalue weighted by molar-refractivity contribution is 4.95. The van der Waals surface area contributed by atoms with Crippen molar-refractivity contribution in [2.45, 2.75) is 76.0 Å². The fourth-order valence-electron chi connectivity index (χ4n) is 3.48. The first-order chi connectivity index (χ1) is 9.69. The van der Waals surface area contributed by atoms with Crippen LogP contribution in [0, 0.1) is 5.92 Å². The van der Waals surface area contributed by atoms with Gasteiger partial charge in [0, 0.05) is 12.1 Å². The van der Waals surface area contributed by atoms with Crippen LogP contribution in [0.25, 0.3) is 0 Å². The van der Waals surface area contributed by atoms with Crippen molar-refractivity contribution in [1.82, 2.24) is 5.32 Å². The van der Waals surface area contributed by atoms with Gasteiger partial charge in [0.2, 0.25) is 0 Å². The van der Waals surface area contributed by atoms with Crippen molar-refractivity contribution in [1.29, 1.82) is 0 Å². The van der Waals surface area contributed by atoms with Crippen LogP contribution in [-0.4, -0.2) is 47.7 Å². The zero-order chi connectivity index (χ0) is 14.4. The highest BCUT2D eigenvalue weighted by Gasteiger charge is 2.36. The Morgan fingerprint density at radius 2 is 2.00 bits per heavy atom. The van der Waals surface area contributed by atoms with Crippen LogP contribution in [0.2, 0.25) is 0 Å². The lowest BCUT2D eigenvalue weighted by atomic mass is 9.77. The fourth-order valence-corrected chi connectivity index (χ4v) is 3.48. The van der Waals surface area contributed by atoms with E-state index >= 15 is 0 Å². The van der Waals surface area contributed by atoms with Crippen molar-refractivity contribution >= 4 is 0 Å². The summed E-state index contributed by atoms with van der Waals surface area (Å²) in [6, 6.07) is 0. The molecule has 0 aromatic heterocycles. The highest BCUT2D eigenvalue weighted by atomic mass is 16.5. The number of hydrogen-bond donors (Lipinski definition) is 3. The number of rotatable bonds is 8. The van der Waals surface area contributed by atoms with Crippen molar-refractivity contribution in [2.75, 3.05) is 19.8 Å². The van der Waals surface area contributed by atoms with Gasteiger partial charge in [-0.25, -0.2) is 0 Å². The number of nitrogens with one attached hydrogen (secondary N) is 1. The molecule has 2 rings (SSSR count). The Labute approximate surface area is 122 Å². The summed E-state index contributed by atoms with van der Waals surface area (Å²) in [4.78, 5) is 0. The zero-order valence-corrected chi connectivity index (χ0v) is 12.8. The third kappa shape index (κ3) is 4.17. The number of ether oxygens (including phenoxy) is 1. The topological polar surface area (TPSA) is 61.7 Å². The second-order valence-corrected chi connectivity index (χ2v) is 6.65. The molecule has 3 unspecified atom stereocenters. The number of aliphatic hydroxyl groups is 2. The molecule has 2 aliphatic rings. The van der Waals surface area contributed by atoms with E-state index < -0.39 is 6.10 Å². The summed E-state index contributed by atoms with van der Waals surface area (Å²) in [5, 5.41) is 22.7. The van der Waals surface area contributed by atoms with Crippen molar-refractivity contribution in [3.63, 3.8) is 0 Å². The second-order valence-electron chi connectivity index (χ2n) is 6.65. The Morgan fingerprint density at radius 1 is 1.25 bits per heavy atom. The Morgan fingerprint density at radius 3 is 2.60 bits per heavy atom. The first kappa shape index (κ1) is 16.2. The summed E-state index contributed by atoms with van der Waals surface area (Å²) in [6.45, 7) is 3.33. The van der Waals surface area contributed by atoms with Crippen molar-refractivity contribution in [2.24, 2.45) is 5.92 Å². The molecule has 0 aromatic carbocycles. The molecule has 0 radical (unpaired) electrons. The number of β-amino-alcohol motifs (C(OH)–C–C–N with tert-alkyl or cyclic N) is 1. The van der Waals surface area contributed by atoms with Gasteiger partial charge in [-0.3, -0.25) is 0 Å². The van der Waals surface area contributed by atoms with Crippen LogP contribution in [0.15, 0.2) is 0 Å². The second kappa shape index (κ2) is 7.74. The minimum absolute atomic E-state index is 0.127. The van der Waals surface area contributed by atoms with E-state index in [0.29, 0.717) is 25.2 Å². The van der Waals surface area contributed by atoms with Gasteiger partial charge in [-0.05, 0) is 38.0 Å². The van der Waals surface area contributed by atoms with Crippen LogP contribution in [-0.2, 0) is 4.74 Å². The standard InChI is InChI=1S/C16H31NO3/c1-2-13-6-3-4-7-15(13)20-11-14(19)10-17-16(12-18)8-5-9-16/h13-15,17-19H,2-12H2,1H3. The van der Waals surface area contributed by atoms with E-state index in [9.17, 15) is 10.2 Å². The van der Waals surface area contributed by atoms with Crippen molar-refractivity contribution in [3.8, 4) is 0 Å². The van der Waals surface area contributed by atoms with E-state index in [1.54, 1.807) is 0 Å². The minimum Gasteiger partial charge on any atom is -0.394 e. The van der Waals surface area contributed by atoms with Gasteiger partial charge < -0.3 is 20.3 Å². The lowest BCUT2D eigenvalue weighted by molar-refractivity contribution is -0.0534. The van der Waals surface area contributed by atoms with Crippen LogP contribution in [0.3, 0.4) is 0 Å². The molecule has 0 aromatic rings. The van der Waals surface area contributed by atoms with Gasteiger partial charge in [0.05, 0.1) is 25.4 Å². The first-order valence-electron chi connectivity index (χ1n) is 8.34. The lowest BCUT2D eigenvalue weighted by Gasteiger charge is -2.42. The molecule has 4 heteroatoms. The maximum Gasteiger partial charge on any atom is 0.0898 e. The fraction of sp³-hybridized carbons (Fsp3) is 1.00. The molecule has 2 saturated carbocycles. The van der Waals surface area contributed by atoms with E-state index in [1.165, 1.54) is 32.1 Å². The Bertz CT molecular complexity index is 275. The summed E-state index contributed by atoms with van der Waals surface area (Å²) in [7, 11) is 0. The maximum atomic E-state index is 10.0. The molecule has 0 bridgehead atoms. The van der Waals surface area contributed by atoms with Crippen LogP contribution < -0.4 is 5.32 Å². The predicted octanol–water partition coefficient (Wildman–Crippen LogP) is 1.84. The summed E-state index contributed by atoms with van der Waals surface area (Å²) in [6.07, 6.45) is 9.20. The highest BCUT2D eigenvalue weighted by Crippen LogP contribution is 2.31. The van der Waals surface area contributed by atoms with E-state index in [2.05, 4.69) is 12.2 Å². The molecule has 20 heavy (non-hydrogen) atoms. The zero-order valence-electron chi connectivity index (χ0n) is 12.8. The summed E-state index contributed by atoms with van der Waals surface area (Å²) in [5.41, 5.74) is -0.127. The van der Waals surface area contributed by atoms with Gasteiger partial charge in [-0.1, -0.05) is 26.2 Å².